The van der Waals surface area contributed by atoms with Gasteiger partial charge < -0.3 is 5.11 Å². The Labute approximate surface area is 91.0 Å². The van der Waals surface area contributed by atoms with Gasteiger partial charge in [0.05, 0.1) is 11.2 Å². The van der Waals surface area contributed by atoms with Crippen molar-refractivity contribution in [2.24, 2.45) is 0 Å². The molecule has 2 aromatic rings. The van der Waals surface area contributed by atoms with Crippen molar-refractivity contribution in [1.82, 2.24) is 4.98 Å². The summed E-state index contributed by atoms with van der Waals surface area (Å²) in [5.74, 6) is 0.148. The van der Waals surface area contributed by atoms with Crippen molar-refractivity contribution < 1.29 is 9.90 Å². The number of hydrogen-bond acceptors (Lipinski definition) is 4. The SMILES string of the molecule is Cc1scnc1-c1cc(C=O)ccc1O. The van der Waals surface area contributed by atoms with Crippen molar-refractivity contribution in [2.45, 2.75) is 6.92 Å². The quantitative estimate of drug-likeness (QED) is 0.790. The van der Waals surface area contributed by atoms with Crippen LogP contribution in [0.15, 0.2) is 23.7 Å². The molecule has 0 fully saturated rings. The van der Waals surface area contributed by atoms with E-state index < -0.39 is 0 Å². The van der Waals surface area contributed by atoms with E-state index in [0.717, 1.165) is 16.9 Å². The first-order valence-electron chi connectivity index (χ1n) is 4.41. The van der Waals surface area contributed by atoms with Crippen LogP contribution in [-0.2, 0) is 0 Å². The summed E-state index contributed by atoms with van der Waals surface area (Å²) in [6.07, 6.45) is 0.755. The van der Waals surface area contributed by atoms with E-state index in [1.807, 2.05) is 6.92 Å². The number of aromatic nitrogens is 1. The molecule has 0 spiro atoms. The third kappa shape index (κ3) is 1.76. The maximum atomic E-state index is 10.6. The highest BCUT2D eigenvalue weighted by Crippen LogP contribution is 2.32. The van der Waals surface area contributed by atoms with Crippen LogP contribution in [0.1, 0.15) is 15.2 Å². The van der Waals surface area contributed by atoms with Gasteiger partial charge in [0.15, 0.2) is 0 Å². The highest BCUT2D eigenvalue weighted by Gasteiger charge is 2.10. The molecule has 2 rings (SSSR count). The lowest BCUT2D eigenvalue weighted by atomic mass is 10.1. The van der Waals surface area contributed by atoms with Crippen molar-refractivity contribution >= 4 is 17.6 Å². The van der Waals surface area contributed by atoms with E-state index in [0.29, 0.717) is 11.1 Å². The number of aryl methyl sites for hydroxylation is 1. The van der Waals surface area contributed by atoms with Crippen molar-refractivity contribution in [3.63, 3.8) is 0 Å². The molecule has 3 nitrogen and oxygen atoms in total. The van der Waals surface area contributed by atoms with Crippen molar-refractivity contribution in [3.05, 3.63) is 34.2 Å². The maximum absolute atomic E-state index is 10.6. The topological polar surface area (TPSA) is 50.2 Å². The normalized spacial score (nSPS) is 10.2. The van der Waals surface area contributed by atoms with Gasteiger partial charge in [-0.3, -0.25) is 4.79 Å². The summed E-state index contributed by atoms with van der Waals surface area (Å²) in [6, 6.07) is 4.73. The number of benzene rings is 1. The molecular formula is C11H9NO2S. The minimum absolute atomic E-state index is 0.148. The van der Waals surface area contributed by atoms with Gasteiger partial charge in [-0.15, -0.1) is 11.3 Å². The van der Waals surface area contributed by atoms with Crippen LogP contribution in [0, 0.1) is 6.92 Å². The smallest absolute Gasteiger partial charge is 0.150 e. The molecule has 0 atom stereocenters. The molecule has 1 aromatic carbocycles. The van der Waals surface area contributed by atoms with E-state index in [1.165, 1.54) is 17.4 Å². The number of hydrogen-bond donors (Lipinski definition) is 1. The van der Waals surface area contributed by atoms with E-state index in [4.69, 9.17) is 0 Å². The fourth-order valence-electron chi connectivity index (χ4n) is 1.38. The average molecular weight is 219 g/mol. The van der Waals surface area contributed by atoms with E-state index in [1.54, 1.807) is 17.6 Å². The van der Waals surface area contributed by atoms with Gasteiger partial charge in [-0.25, -0.2) is 4.98 Å². The van der Waals surface area contributed by atoms with Crippen LogP contribution < -0.4 is 0 Å². The van der Waals surface area contributed by atoms with Crippen LogP contribution in [0.2, 0.25) is 0 Å². The summed E-state index contributed by atoms with van der Waals surface area (Å²) >= 11 is 1.51. The first-order valence-corrected chi connectivity index (χ1v) is 5.29. The van der Waals surface area contributed by atoms with Crippen LogP contribution in [-0.4, -0.2) is 16.4 Å². The predicted octanol–water partition coefficient (Wildman–Crippen LogP) is 2.64. The predicted molar refractivity (Wildman–Crippen MR) is 59.3 cm³/mol. The molecule has 0 saturated heterocycles. The maximum Gasteiger partial charge on any atom is 0.150 e. The molecule has 1 heterocycles. The summed E-state index contributed by atoms with van der Waals surface area (Å²) in [6.45, 7) is 1.93. The van der Waals surface area contributed by atoms with Crippen molar-refractivity contribution in [2.75, 3.05) is 0 Å². The second kappa shape index (κ2) is 3.82. The minimum atomic E-state index is 0.148. The highest BCUT2D eigenvalue weighted by molar-refractivity contribution is 7.10. The van der Waals surface area contributed by atoms with Gasteiger partial charge in [-0.1, -0.05) is 0 Å². The van der Waals surface area contributed by atoms with E-state index in [9.17, 15) is 9.90 Å². The molecule has 0 amide bonds. The standard InChI is InChI=1S/C11H9NO2S/c1-7-11(12-6-15-7)9-4-8(5-13)2-3-10(9)14/h2-6,14H,1H3. The second-order valence-electron chi connectivity index (χ2n) is 3.15. The van der Waals surface area contributed by atoms with Crippen LogP contribution in [0.4, 0.5) is 0 Å². The Morgan fingerprint density at radius 3 is 2.87 bits per heavy atom. The molecule has 0 radical (unpaired) electrons. The van der Waals surface area contributed by atoms with E-state index in [-0.39, 0.29) is 5.75 Å². The van der Waals surface area contributed by atoms with Gasteiger partial charge in [0, 0.05) is 16.0 Å². The molecule has 4 heteroatoms. The number of carbonyl (C=O) groups is 1. The lowest BCUT2D eigenvalue weighted by molar-refractivity contribution is 0.112. The summed E-state index contributed by atoms with van der Waals surface area (Å²) in [7, 11) is 0. The number of rotatable bonds is 2. The highest BCUT2D eigenvalue weighted by atomic mass is 32.1. The third-order valence-electron chi connectivity index (χ3n) is 2.16. The van der Waals surface area contributed by atoms with E-state index >= 15 is 0 Å². The number of nitrogens with zero attached hydrogens (tertiary/aromatic N) is 1. The van der Waals surface area contributed by atoms with Gasteiger partial charge >= 0.3 is 0 Å². The summed E-state index contributed by atoms with van der Waals surface area (Å²) in [5, 5.41) is 9.68. The lowest BCUT2D eigenvalue weighted by Gasteiger charge is -2.03. The summed E-state index contributed by atoms with van der Waals surface area (Å²) in [4.78, 5) is 15.8. The first kappa shape index (κ1) is 9.86. The van der Waals surface area contributed by atoms with Crippen LogP contribution in [0.25, 0.3) is 11.3 Å². The monoisotopic (exact) mass is 219 g/mol. The Kier molecular flexibility index (Phi) is 2.51. The minimum Gasteiger partial charge on any atom is -0.507 e. The van der Waals surface area contributed by atoms with E-state index in [2.05, 4.69) is 4.98 Å². The number of aromatic hydroxyl groups is 1. The summed E-state index contributed by atoms with van der Waals surface area (Å²) < 4.78 is 0. The second-order valence-corrected chi connectivity index (χ2v) is 4.21. The van der Waals surface area contributed by atoms with Crippen LogP contribution in [0.3, 0.4) is 0 Å². The zero-order valence-electron chi connectivity index (χ0n) is 8.10. The Hall–Kier alpha value is -1.68. The Morgan fingerprint density at radius 2 is 2.27 bits per heavy atom. The molecule has 0 aliphatic heterocycles. The van der Waals surface area contributed by atoms with Gasteiger partial charge in [0.1, 0.15) is 12.0 Å². The number of aldehydes is 1. The molecule has 0 aliphatic rings. The largest absolute Gasteiger partial charge is 0.507 e. The zero-order chi connectivity index (χ0) is 10.8. The Bertz CT molecular complexity index is 505. The fraction of sp³-hybridized carbons (Fsp3) is 0.0909. The summed E-state index contributed by atoms with van der Waals surface area (Å²) in [5.41, 5.74) is 3.60. The first-order chi connectivity index (χ1) is 7.22. The van der Waals surface area contributed by atoms with Gasteiger partial charge in [0.2, 0.25) is 0 Å². The third-order valence-corrected chi connectivity index (χ3v) is 2.91. The fourth-order valence-corrected chi connectivity index (χ4v) is 1.97. The van der Waals surface area contributed by atoms with Gasteiger partial charge in [0.25, 0.3) is 0 Å². The van der Waals surface area contributed by atoms with Crippen molar-refractivity contribution in [1.29, 1.82) is 0 Å². The van der Waals surface area contributed by atoms with Crippen LogP contribution in [0.5, 0.6) is 5.75 Å². The van der Waals surface area contributed by atoms with Crippen LogP contribution >= 0.6 is 11.3 Å². The molecule has 15 heavy (non-hydrogen) atoms. The Balaban J connectivity index is 2.61. The molecule has 1 N–H and O–H groups in total. The molecule has 76 valence electrons. The molecular weight excluding hydrogens is 210 g/mol. The molecule has 0 aliphatic carbocycles. The Morgan fingerprint density at radius 1 is 1.47 bits per heavy atom. The molecule has 1 aromatic heterocycles. The average Bonchev–Trinajstić information content (AvgIpc) is 2.65. The van der Waals surface area contributed by atoms with Gasteiger partial charge in [-0.05, 0) is 25.1 Å². The number of phenols is 1. The molecule has 0 bridgehead atoms. The molecule has 0 saturated carbocycles. The van der Waals surface area contributed by atoms with Crippen molar-refractivity contribution in [3.8, 4) is 17.0 Å². The number of phenolic OH excluding ortho intramolecular Hbond substituents is 1. The number of carbonyl (C=O) groups excluding carboxylic acids is 1. The van der Waals surface area contributed by atoms with Gasteiger partial charge in [-0.2, -0.15) is 0 Å². The lowest BCUT2D eigenvalue weighted by Crippen LogP contribution is -1.85. The molecule has 0 unspecified atom stereocenters. The zero-order valence-corrected chi connectivity index (χ0v) is 8.91. The number of thiazole rings is 1.